The van der Waals surface area contributed by atoms with Gasteiger partial charge in [0.05, 0.1) is 0 Å². The maximum absolute atomic E-state index is 0. The Kier molecular flexibility index (Phi) is 1210. The molecule has 0 amide bonds. The molecule has 0 unspecified atom stereocenters. The van der Waals surface area contributed by atoms with E-state index in [-0.39, 0.29) is 124 Å². The van der Waals surface area contributed by atoms with Crippen LogP contribution >= 0.6 is 0 Å². The van der Waals surface area contributed by atoms with Crippen molar-refractivity contribution in [1.29, 1.82) is 0 Å². The van der Waals surface area contributed by atoms with Crippen molar-refractivity contribution in [1.82, 2.24) is 0 Å². The van der Waals surface area contributed by atoms with Gasteiger partial charge < -0.3 is 21.9 Å². The van der Waals surface area contributed by atoms with Gasteiger partial charge in [0, 0.05) is 49.0 Å². The summed E-state index contributed by atoms with van der Waals surface area (Å²) in [6.07, 6.45) is 0. The van der Waals surface area contributed by atoms with E-state index in [9.17, 15) is 0 Å². The molecule has 4 N–H and O–H groups in total. The first-order valence-corrected chi connectivity index (χ1v) is 0. The van der Waals surface area contributed by atoms with Gasteiger partial charge >= 0.3 is 52.7 Å². The van der Waals surface area contributed by atoms with Crippen LogP contribution in [0.25, 0.3) is 0 Å². The van der Waals surface area contributed by atoms with Crippen molar-refractivity contribution in [2.45, 2.75) is 0 Å². The summed E-state index contributed by atoms with van der Waals surface area (Å²) in [7, 11) is 0. The standard InChI is InChI=1S/La.Mn.4H2O.Pb.Ti/h;;4*1H2;;/q+3;+2;;;;;;/p-4. The van der Waals surface area contributed by atoms with Crippen LogP contribution in [0.1, 0.15) is 0 Å². The van der Waals surface area contributed by atoms with Crippen LogP contribution in [0.3, 0.4) is 0 Å². The SMILES string of the molecule is [La+3].[Mn+2].[OH-].[OH-].[OH-].[OH-].[Pb].[Ti]. The molecule has 45 valence electrons. The molecule has 0 saturated carbocycles. The Bertz CT molecular complexity index is 16.0. The van der Waals surface area contributed by atoms with Crippen LogP contribution in [0.5, 0.6) is 0 Å². The maximum Gasteiger partial charge on any atom is 3.00 e. The second-order valence-corrected chi connectivity index (χ2v) is 0. The molecule has 0 bridgehead atoms. The monoisotopic (exact) mass is 518 g/mol. The fraction of sp³-hybridized carbons (Fsp3) is 0. The molecule has 0 heterocycles. The third kappa shape index (κ3) is 60.6. The van der Waals surface area contributed by atoms with Crippen molar-refractivity contribution in [3.63, 3.8) is 0 Å². The minimum absolute atomic E-state index is 0. The zero-order chi connectivity index (χ0) is 0. The van der Waals surface area contributed by atoms with E-state index in [1.54, 1.807) is 0 Å². The third-order valence-electron chi connectivity index (χ3n) is 0. The van der Waals surface area contributed by atoms with Gasteiger partial charge in [0.2, 0.25) is 0 Å². The Labute approximate surface area is 121 Å². The van der Waals surface area contributed by atoms with Crippen molar-refractivity contribution >= 4 is 27.3 Å². The largest absolute Gasteiger partial charge is 3.00 e. The molecule has 0 aliphatic carbocycles. The van der Waals surface area contributed by atoms with Crippen LogP contribution in [0.4, 0.5) is 0 Å². The quantitative estimate of drug-likeness (QED) is 0.380. The van der Waals surface area contributed by atoms with Gasteiger partial charge in [0.25, 0.3) is 0 Å². The average molecular weight is 517 g/mol. The topological polar surface area (TPSA) is 120 Å². The molecule has 0 fully saturated rings. The van der Waals surface area contributed by atoms with Crippen molar-refractivity contribution in [3.05, 3.63) is 0 Å². The van der Waals surface area contributed by atoms with Gasteiger partial charge in [-0.15, -0.1) is 0 Å². The van der Waals surface area contributed by atoms with Crippen molar-refractivity contribution < 1.29 is 96.3 Å². The molecule has 0 aromatic rings. The Morgan fingerprint density at radius 2 is 0.625 bits per heavy atom. The summed E-state index contributed by atoms with van der Waals surface area (Å²) in [4.78, 5) is 0. The molecule has 0 spiro atoms. The van der Waals surface area contributed by atoms with E-state index in [2.05, 4.69) is 0 Å². The number of hydrogen-bond donors (Lipinski definition) is 0. The minimum Gasteiger partial charge on any atom is -0.870 e. The summed E-state index contributed by atoms with van der Waals surface area (Å²) in [6, 6.07) is 0. The molecule has 8 heavy (non-hydrogen) atoms. The van der Waals surface area contributed by atoms with E-state index in [1.165, 1.54) is 0 Å². The second kappa shape index (κ2) is 84.6. The molecule has 0 aliphatic heterocycles. The molecule has 4 nitrogen and oxygen atoms in total. The molecular formula is H4LaMnO4PbTi+. The fourth-order valence-corrected chi connectivity index (χ4v) is 0. The maximum atomic E-state index is 0. The first-order valence-electron chi connectivity index (χ1n) is 0. The van der Waals surface area contributed by atoms with Gasteiger partial charge in [-0.3, -0.25) is 0 Å². The zero-order valence-electron chi connectivity index (χ0n) is 3.74. The van der Waals surface area contributed by atoms with Crippen molar-refractivity contribution in [2.75, 3.05) is 0 Å². The number of hydrogen-bond acceptors (Lipinski definition) is 4. The van der Waals surface area contributed by atoms with Gasteiger partial charge in [0.1, 0.15) is 0 Å². The van der Waals surface area contributed by atoms with Crippen molar-refractivity contribution in [2.24, 2.45) is 0 Å². The van der Waals surface area contributed by atoms with Crippen LogP contribution in [0.2, 0.25) is 0 Å². The smallest absolute Gasteiger partial charge is 0.870 e. The fourth-order valence-electron chi connectivity index (χ4n) is 0. The Morgan fingerprint density at radius 1 is 0.625 bits per heavy atom. The second-order valence-electron chi connectivity index (χ2n) is 0. The van der Waals surface area contributed by atoms with Crippen LogP contribution < -0.4 is 0 Å². The predicted molar refractivity (Wildman–Crippen MR) is 13.5 cm³/mol. The molecule has 0 atom stereocenters. The van der Waals surface area contributed by atoms with Crippen LogP contribution in [-0.2, 0) is 38.8 Å². The summed E-state index contributed by atoms with van der Waals surface area (Å²) in [5.41, 5.74) is 0. The van der Waals surface area contributed by atoms with Crippen LogP contribution in [0, 0.1) is 35.6 Å². The van der Waals surface area contributed by atoms with E-state index in [0.717, 1.165) is 0 Å². The summed E-state index contributed by atoms with van der Waals surface area (Å²) < 4.78 is 0. The van der Waals surface area contributed by atoms with Crippen LogP contribution in [0.15, 0.2) is 0 Å². The summed E-state index contributed by atoms with van der Waals surface area (Å²) >= 11 is 0. The summed E-state index contributed by atoms with van der Waals surface area (Å²) in [6.45, 7) is 0. The minimum atomic E-state index is 0. The van der Waals surface area contributed by atoms with E-state index in [4.69, 9.17) is 0 Å². The molecule has 0 aromatic carbocycles. The van der Waals surface area contributed by atoms with E-state index in [1.807, 2.05) is 0 Å². The first kappa shape index (κ1) is 114. The number of rotatable bonds is 0. The van der Waals surface area contributed by atoms with Gasteiger partial charge in [-0.25, -0.2) is 0 Å². The molecular weight excluding hydrogens is 513 g/mol. The summed E-state index contributed by atoms with van der Waals surface area (Å²) in [5.74, 6) is 0. The molecule has 0 saturated heterocycles. The average Bonchev–Trinajstić information content (AvgIpc) is 0. The normalized spacial score (nSPS) is 0. The first-order chi connectivity index (χ1) is 0. The van der Waals surface area contributed by atoms with Crippen LogP contribution in [-0.4, -0.2) is 49.2 Å². The summed E-state index contributed by atoms with van der Waals surface area (Å²) in [5, 5.41) is 0. The Hall–Kier alpha value is 3.19. The molecule has 0 rings (SSSR count). The Balaban J connectivity index is 0. The Morgan fingerprint density at radius 3 is 0.625 bits per heavy atom. The third-order valence-corrected chi connectivity index (χ3v) is 0. The predicted octanol–water partition coefficient (Wildman–Crippen LogP) is -1.09. The molecule has 0 aromatic heterocycles. The van der Waals surface area contributed by atoms with E-state index in [0.29, 0.717) is 0 Å². The van der Waals surface area contributed by atoms with Gasteiger partial charge in [-0.2, -0.15) is 0 Å². The van der Waals surface area contributed by atoms with Gasteiger partial charge in [0.15, 0.2) is 0 Å². The molecule has 0 aliphatic rings. The van der Waals surface area contributed by atoms with E-state index < -0.39 is 0 Å². The molecule has 8 heteroatoms. The van der Waals surface area contributed by atoms with E-state index >= 15 is 0 Å². The van der Waals surface area contributed by atoms with Gasteiger partial charge in [-0.05, 0) is 0 Å². The van der Waals surface area contributed by atoms with Gasteiger partial charge in [-0.1, -0.05) is 0 Å². The van der Waals surface area contributed by atoms with Crippen molar-refractivity contribution in [3.8, 4) is 0 Å². The molecule has 5 radical (unpaired) electrons. The zero-order valence-corrected chi connectivity index (χ0v) is 14.0.